The zero-order valence-electron chi connectivity index (χ0n) is 9.24. The van der Waals surface area contributed by atoms with E-state index in [1.54, 1.807) is 0 Å². The molecule has 2 heteroatoms. The number of ether oxygens (including phenoxy) is 2. The van der Waals surface area contributed by atoms with Gasteiger partial charge in [0.1, 0.15) is 5.75 Å². The Bertz CT molecular complexity index is 305. The van der Waals surface area contributed by atoms with Crippen LogP contribution in [0, 0.1) is 0 Å². The summed E-state index contributed by atoms with van der Waals surface area (Å²) in [6.45, 7) is 3.22. The van der Waals surface area contributed by atoms with Crippen molar-refractivity contribution in [3.63, 3.8) is 0 Å². The molecular formula is C13H18O2. The molecule has 1 aromatic carbocycles. The van der Waals surface area contributed by atoms with Crippen LogP contribution in [0.4, 0.5) is 0 Å². The standard InChI is InChI=1S/C13H18O2/c1-2-8-14-10-15-13-5-3-4-12(9-13)11-6-7-11/h3-5,9,11H,2,6-8,10H2,1H3. The second-order valence-corrected chi connectivity index (χ2v) is 4.02. The minimum Gasteiger partial charge on any atom is -0.468 e. The summed E-state index contributed by atoms with van der Waals surface area (Å²) in [4.78, 5) is 0. The first-order valence-corrected chi connectivity index (χ1v) is 5.70. The molecule has 0 amide bonds. The lowest BCUT2D eigenvalue weighted by molar-refractivity contribution is 0.0156. The van der Waals surface area contributed by atoms with E-state index in [-0.39, 0.29) is 0 Å². The molecule has 0 radical (unpaired) electrons. The van der Waals surface area contributed by atoms with E-state index in [2.05, 4.69) is 25.1 Å². The Morgan fingerprint density at radius 2 is 2.20 bits per heavy atom. The Labute approximate surface area is 91.2 Å². The topological polar surface area (TPSA) is 18.5 Å². The Morgan fingerprint density at radius 3 is 2.93 bits per heavy atom. The van der Waals surface area contributed by atoms with Gasteiger partial charge in [-0.3, -0.25) is 0 Å². The summed E-state index contributed by atoms with van der Waals surface area (Å²) in [6.07, 6.45) is 3.69. The smallest absolute Gasteiger partial charge is 0.189 e. The highest BCUT2D eigenvalue weighted by atomic mass is 16.7. The first kappa shape index (κ1) is 10.5. The lowest BCUT2D eigenvalue weighted by Gasteiger charge is -2.07. The van der Waals surface area contributed by atoms with Gasteiger partial charge in [-0.15, -0.1) is 0 Å². The summed E-state index contributed by atoms with van der Waals surface area (Å²) in [5.41, 5.74) is 1.41. The first-order valence-electron chi connectivity index (χ1n) is 5.70. The maximum Gasteiger partial charge on any atom is 0.189 e. The number of hydrogen-bond donors (Lipinski definition) is 0. The fourth-order valence-electron chi connectivity index (χ4n) is 1.59. The summed E-state index contributed by atoms with van der Waals surface area (Å²) >= 11 is 0. The molecule has 2 rings (SSSR count). The molecule has 82 valence electrons. The van der Waals surface area contributed by atoms with Gasteiger partial charge in [-0.25, -0.2) is 0 Å². The zero-order valence-corrected chi connectivity index (χ0v) is 9.24. The SMILES string of the molecule is CCCOCOc1cccc(C2CC2)c1. The summed E-state index contributed by atoms with van der Waals surface area (Å²) in [7, 11) is 0. The molecule has 0 unspecified atom stereocenters. The van der Waals surface area contributed by atoms with E-state index in [1.807, 2.05) is 6.07 Å². The second-order valence-electron chi connectivity index (χ2n) is 4.02. The van der Waals surface area contributed by atoms with E-state index in [0.717, 1.165) is 24.7 Å². The highest BCUT2D eigenvalue weighted by Gasteiger charge is 2.23. The maximum atomic E-state index is 5.50. The zero-order chi connectivity index (χ0) is 10.5. The van der Waals surface area contributed by atoms with Crippen LogP contribution in [0.3, 0.4) is 0 Å². The summed E-state index contributed by atoms with van der Waals surface area (Å²) in [5, 5.41) is 0. The number of rotatable bonds is 6. The molecule has 2 nitrogen and oxygen atoms in total. The van der Waals surface area contributed by atoms with E-state index < -0.39 is 0 Å². The normalized spacial score (nSPS) is 15.3. The number of hydrogen-bond acceptors (Lipinski definition) is 2. The van der Waals surface area contributed by atoms with Crippen LogP contribution in [0.1, 0.15) is 37.7 Å². The molecule has 1 fully saturated rings. The molecule has 1 aliphatic rings. The minimum atomic E-state index is 0.363. The average molecular weight is 206 g/mol. The van der Waals surface area contributed by atoms with Gasteiger partial charge < -0.3 is 9.47 Å². The van der Waals surface area contributed by atoms with Gasteiger partial charge in [0.15, 0.2) is 6.79 Å². The van der Waals surface area contributed by atoms with Crippen molar-refractivity contribution < 1.29 is 9.47 Å². The van der Waals surface area contributed by atoms with Gasteiger partial charge in [0, 0.05) is 0 Å². The van der Waals surface area contributed by atoms with Crippen LogP contribution in [0.15, 0.2) is 24.3 Å². The molecule has 0 heterocycles. The molecule has 0 aliphatic heterocycles. The van der Waals surface area contributed by atoms with E-state index in [1.165, 1.54) is 18.4 Å². The third-order valence-electron chi connectivity index (χ3n) is 2.56. The Morgan fingerprint density at radius 1 is 1.33 bits per heavy atom. The second kappa shape index (κ2) is 5.17. The van der Waals surface area contributed by atoms with Gasteiger partial charge in [-0.1, -0.05) is 19.1 Å². The van der Waals surface area contributed by atoms with Crippen LogP contribution < -0.4 is 4.74 Å². The highest BCUT2D eigenvalue weighted by molar-refractivity contribution is 5.32. The summed E-state index contributed by atoms with van der Waals surface area (Å²) in [6, 6.07) is 8.36. The lowest BCUT2D eigenvalue weighted by Crippen LogP contribution is -2.03. The highest BCUT2D eigenvalue weighted by Crippen LogP contribution is 2.40. The van der Waals surface area contributed by atoms with Crippen molar-refractivity contribution in [3.8, 4) is 5.75 Å². The largest absolute Gasteiger partial charge is 0.468 e. The third kappa shape index (κ3) is 3.24. The molecule has 0 atom stereocenters. The van der Waals surface area contributed by atoms with Crippen molar-refractivity contribution in [1.29, 1.82) is 0 Å². The van der Waals surface area contributed by atoms with Crippen LogP contribution in [-0.2, 0) is 4.74 Å². The predicted molar refractivity (Wildman–Crippen MR) is 60.2 cm³/mol. The van der Waals surface area contributed by atoms with Crippen molar-refractivity contribution >= 4 is 0 Å². The van der Waals surface area contributed by atoms with Crippen LogP contribution in [0.2, 0.25) is 0 Å². The van der Waals surface area contributed by atoms with Gasteiger partial charge in [0.25, 0.3) is 0 Å². The van der Waals surface area contributed by atoms with Crippen LogP contribution >= 0.6 is 0 Å². The van der Waals surface area contributed by atoms with Gasteiger partial charge in [0.2, 0.25) is 0 Å². The minimum absolute atomic E-state index is 0.363. The Kier molecular flexibility index (Phi) is 3.62. The van der Waals surface area contributed by atoms with Crippen molar-refractivity contribution in [2.75, 3.05) is 13.4 Å². The molecule has 1 aromatic rings. The Hall–Kier alpha value is -1.02. The molecular weight excluding hydrogens is 188 g/mol. The van der Waals surface area contributed by atoms with Gasteiger partial charge in [0.05, 0.1) is 6.61 Å². The average Bonchev–Trinajstić information content (AvgIpc) is 3.09. The van der Waals surface area contributed by atoms with Crippen molar-refractivity contribution in [2.45, 2.75) is 32.1 Å². The first-order chi connectivity index (χ1) is 7.40. The molecule has 0 spiro atoms. The molecule has 1 aliphatic carbocycles. The maximum absolute atomic E-state index is 5.50. The molecule has 15 heavy (non-hydrogen) atoms. The fraction of sp³-hybridized carbons (Fsp3) is 0.538. The van der Waals surface area contributed by atoms with Gasteiger partial charge in [-0.05, 0) is 42.9 Å². The molecule has 0 aromatic heterocycles. The molecule has 1 saturated carbocycles. The van der Waals surface area contributed by atoms with Gasteiger partial charge in [-0.2, -0.15) is 0 Å². The monoisotopic (exact) mass is 206 g/mol. The fourth-order valence-corrected chi connectivity index (χ4v) is 1.59. The number of benzene rings is 1. The lowest BCUT2D eigenvalue weighted by atomic mass is 10.1. The molecule has 0 saturated heterocycles. The van der Waals surface area contributed by atoms with Crippen LogP contribution in [-0.4, -0.2) is 13.4 Å². The molecule has 0 bridgehead atoms. The van der Waals surface area contributed by atoms with E-state index in [4.69, 9.17) is 9.47 Å². The summed E-state index contributed by atoms with van der Waals surface area (Å²) in [5.74, 6) is 1.71. The van der Waals surface area contributed by atoms with E-state index >= 15 is 0 Å². The van der Waals surface area contributed by atoms with Crippen molar-refractivity contribution in [1.82, 2.24) is 0 Å². The van der Waals surface area contributed by atoms with Gasteiger partial charge >= 0.3 is 0 Å². The summed E-state index contributed by atoms with van der Waals surface area (Å²) < 4.78 is 10.8. The van der Waals surface area contributed by atoms with Crippen LogP contribution in [0.25, 0.3) is 0 Å². The third-order valence-corrected chi connectivity index (χ3v) is 2.56. The van der Waals surface area contributed by atoms with E-state index in [0.29, 0.717) is 6.79 Å². The predicted octanol–water partition coefficient (Wildman–Crippen LogP) is 3.33. The molecule has 0 N–H and O–H groups in total. The van der Waals surface area contributed by atoms with Crippen molar-refractivity contribution in [3.05, 3.63) is 29.8 Å². The Balaban J connectivity index is 1.82. The van der Waals surface area contributed by atoms with E-state index in [9.17, 15) is 0 Å². The van der Waals surface area contributed by atoms with Crippen molar-refractivity contribution in [2.24, 2.45) is 0 Å². The van der Waals surface area contributed by atoms with Crippen LogP contribution in [0.5, 0.6) is 5.75 Å². The quantitative estimate of drug-likeness (QED) is 0.525.